The van der Waals surface area contributed by atoms with Gasteiger partial charge in [-0.05, 0) is 103 Å². The summed E-state index contributed by atoms with van der Waals surface area (Å²) in [6, 6.07) is 0. The molecular weight excluding hydrogens is 1500 g/mol. The molecule has 0 bridgehead atoms. The predicted molar refractivity (Wildman–Crippen MR) is 444 cm³/mol. The molecule has 0 aromatic rings. The van der Waals surface area contributed by atoms with E-state index < -0.39 is 162 Å². The van der Waals surface area contributed by atoms with Crippen LogP contribution >= 0.6 is 7.82 Å². The first kappa shape index (κ1) is 106. The second-order valence-electron chi connectivity index (χ2n) is 32.4. The van der Waals surface area contributed by atoms with E-state index in [4.69, 9.17) is 46.9 Å². The van der Waals surface area contributed by atoms with E-state index in [0.717, 1.165) is 135 Å². The maximum Gasteiger partial charge on any atom is 0.472 e. The Hall–Kier alpha value is -3.31. The van der Waals surface area contributed by atoms with Crippen LogP contribution in [0.15, 0.2) is 36.5 Å². The molecule has 18 atom stereocenters. The van der Waals surface area contributed by atoms with E-state index in [9.17, 15) is 74.6 Å². The average Bonchev–Trinajstić information content (AvgIpc) is 0.753. The third-order valence-electron chi connectivity index (χ3n) is 22.1. The average molecular weight is 1660 g/mol. The molecule has 1 aliphatic carbocycles. The number of hydrogen-bond donors (Lipinski definition) is 10. The molecular formula is C89H161O25P. The van der Waals surface area contributed by atoms with Crippen molar-refractivity contribution in [3.63, 3.8) is 0 Å². The van der Waals surface area contributed by atoms with Crippen molar-refractivity contribution in [3.8, 4) is 0 Å². The summed E-state index contributed by atoms with van der Waals surface area (Å²) < 4.78 is 73.2. The standard InChI is InChI=1S/C89H161O25P/c1-5-9-13-17-21-25-29-33-35-39-42-46-50-54-58-62-73(92)106-68-71-77(96)79(98)83(102)89(110-71)113-86-84(111-75(94)64-60-56-52-48-43-38-32-28-24-20-16-12-8-4)80(99)81(100)85(112-88-82(101)78(97)76(95)70(65-90)109-88)87(86)114-115(103,104)107-67-69(66-105-72(91)61-57-53-49-45-41-37-31-27-23-19-15-11-7-3)108-74(93)63-59-55-51-47-44-40-36-34-30-26-22-18-14-10-6-2/h26,30,37-38,41,43,69-71,76-90,95-102H,5-25,27-29,31-36,39-40,42,44-68H2,1-4H3,(H,103,104)/b30-26-,41-37-,43-38-. The van der Waals surface area contributed by atoms with Crippen LogP contribution < -0.4 is 0 Å². The van der Waals surface area contributed by atoms with Crippen LogP contribution in [0.4, 0.5) is 0 Å². The van der Waals surface area contributed by atoms with Crippen LogP contribution in [-0.2, 0) is 70.7 Å². The van der Waals surface area contributed by atoms with E-state index in [1.54, 1.807) is 0 Å². The minimum atomic E-state index is -5.81. The molecule has 25 nitrogen and oxygen atoms in total. The van der Waals surface area contributed by atoms with Gasteiger partial charge < -0.3 is 88.7 Å². The highest BCUT2D eigenvalue weighted by Crippen LogP contribution is 2.49. The predicted octanol–water partition coefficient (Wildman–Crippen LogP) is 16.3. The molecule has 3 fully saturated rings. The summed E-state index contributed by atoms with van der Waals surface area (Å²) in [5, 5.41) is 102. The van der Waals surface area contributed by atoms with Crippen molar-refractivity contribution >= 4 is 31.7 Å². The molecule has 10 N–H and O–H groups in total. The van der Waals surface area contributed by atoms with Crippen LogP contribution in [0.1, 0.15) is 374 Å². The lowest BCUT2D eigenvalue weighted by molar-refractivity contribution is -0.360. The number of rotatable bonds is 73. The molecule has 0 aromatic heterocycles. The Kier molecular flexibility index (Phi) is 62.8. The summed E-state index contributed by atoms with van der Waals surface area (Å²) >= 11 is 0. The van der Waals surface area contributed by atoms with Crippen molar-refractivity contribution in [3.05, 3.63) is 36.5 Å². The molecule has 115 heavy (non-hydrogen) atoms. The molecule has 672 valence electrons. The highest BCUT2D eigenvalue weighted by Gasteiger charge is 2.60. The van der Waals surface area contributed by atoms with E-state index in [2.05, 4.69) is 64.2 Å². The first-order chi connectivity index (χ1) is 55.7. The Labute approximate surface area is 691 Å². The van der Waals surface area contributed by atoms with Gasteiger partial charge in [0.2, 0.25) is 0 Å². The Bertz CT molecular complexity index is 2540. The van der Waals surface area contributed by atoms with Crippen LogP contribution in [0.3, 0.4) is 0 Å². The van der Waals surface area contributed by atoms with E-state index in [-0.39, 0.29) is 32.1 Å². The van der Waals surface area contributed by atoms with Gasteiger partial charge in [-0.15, -0.1) is 0 Å². The second-order valence-corrected chi connectivity index (χ2v) is 33.9. The fourth-order valence-corrected chi connectivity index (χ4v) is 15.7. The number of carbonyl (C=O) groups excluding carboxylic acids is 4. The lowest BCUT2D eigenvalue weighted by Crippen LogP contribution is -2.70. The molecule has 18 unspecified atom stereocenters. The van der Waals surface area contributed by atoms with Gasteiger partial charge in [0.15, 0.2) is 24.8 Å². The molecule has 2 aliphatic heterocycles. The quantitative estimate of drug-likeness (QED) is 0.00889. The zero-order valence-corrected chi connectivity index (χ0v) is 72.2. The van der Waals surface area contributed by atoms with E-state index >= 15 is 0 Å². The third kappa shape index (κ3) is 48.8. The lowest BCUT2D eigenvalue weighted by Gasteiger charge is -2.50. The third-order valence-corrected chi connectivity index (χ3v) is 23.1. The van der Waals surface area contributed by atoms with Gasteiger partial charge >= 0.3 is 31.7 Å². The van der Waals surface area contributed by atoms with Gasteiger partial charge in [0, 0.05) is 25.7 Å². The first-order valence-corrected chi connectivity index (χ1v) is 47.2. The molecule has 26 heteroatoms. The maximum absolute atomic E-state index is 14.9. The summed E-state index contributed by atoms with van der Waals surface area (Å²) in [5.74, 6) is -3.01. The zero-order valence-electron chi connectivity index (χ0n) is 71.3. The van der Waals surface area contributed by atoms with Crippen LogP contribution in [0, 0.1) is 0 Å². The Balaban J connectivity index is 1.93. The number of phosphoric ester groups is 1. The summed E-state index contributed by atoms with van der Waals surface area (Å²) in [4.78, 5) is 66.3. The molecule has 2 heterocycles. The topological polar surface area (TPSA) is 380 Å². The van der Waals surface area contributed by atoms with Crippen molar-refractivity contribution < 1.29 is 122 Å². The number of aliphatic hydroxyl groups excluding tert-OH is 9. The van der Waals surface area contributed by atoms with E-state index in [0.29, 0.717) is 38.5 Å². The number of unbranched alkanes of at least 4 members (excludes halogenated alkanes) is 43. The molecule has 0 amide bonds. The normalized spacial score (nSPS) is 25.4. The number of hydrogen-bond acceptors (Lipinski definition) is 24. The molecule has 2 saturated heterocycles. The fraction of sp³-hybridized carbons (Fsp3) is 0.888. The monoisotopic (exact) mass is 1660 g/mol. The maximum atomic E-state index is 14.9. The van der Waals surface area contributed by atoms with Gasteiger partial charge in [0.25, 0.3) is 0 Å². The summed E-state index contributed by atoms with van der Waals surface area (Å²) in [7, 11) is -5.81. The van der Waals surface area contributed by atoms with Gasteiger partial charge in [0.05, 0.1) is 13.2 Å². The molecule has 1 saturated carbocycles. The largest absolute Gasteiger partial charge is 0.472 e. The molecule has 0 radical (unpaired) electrons. The SMILES string of the molecule is CCCCCC/C=C\CCCCCCCCCC(=O)OC(COC(=O)CCCCC/C=C\CCCCCCCC)COP(=O)(O)OC1C(OC2OC(CO)C(O)C(O)C2O)C(O)C(O)C(OC(=O)CCCCC/C=C\CCCCCCCC)C1OC1OC(COC(=O)CCCCCCCCCCCCCCCCC)C(O)C(O)C1O. The number of aliphatic hydroxyl groups is 9. The van der Waals surface area contributed by atoms with Crippen LogP contribution in [0.5, 0.6) is 0 Å². The van der Waals surface area contributed by atoms with Crippen LogP contribution in [0.25, 0.3) is 0 Å². The van der Waals surface area contributed by atoms with Gasteiger partial charge in [-0.2, -0.15) is 0 Å². The number of phosphoric acid groups is 1. The number of esters is 4. The van der Waals surface area contributed by atoms with E-state index in [1.165, 1.54) is 141 Å². The van der Waals surface area contributed by atoms with E-state index in [1.807, 2.05) is 0 Å². The molecule has 0 aromatic carbocycles. The minimum Gasteiger partial charge on any atom is -0.463 e. The van der Waals surface area contributed by atoms with Crippen molar-refractivity contribution in [2.45, 2.75) is 479 Å². The smallest absolute Gasteiger partial charge is 0.463 e. The zero-order chi connectivity index (χ0) is 84.0. The van der Waals surface area contributed by atoms with Crippen molar-refractivity contribution in [1.82, 2.24) is 0 Å². The number of allylic oxidation sites excluding steroid dienone is 6. The number of carbonyl (C=O) groups is 4. The second kappa shape index (κ2) is 68.3. The van der Waals surface area contributed by atoms with Crippen LogP contribution in [-0.4, -0.2) is 205 Å². The summed E-state index contributed by atoms with van der Waals surface area (Å²) in [6.45, 7) is 5.52. The molecule has 0 spiro atoms. The lowest BCUT2D eigenvalue weighted by atomic mass is 9.84. The highest BCUT2D eigenvalue weighted by atomic mass is 31.2. The first-order valence-electron chi connectivity index (χ1n) is 45.7. The molecule has 3 rings (SSSR count). The van der Waals surface area contributed by atoms with Crippen molar-refractivity contribution in [1.29, 1.82) is 0 Å². The van der Waals surface area contributed by atoms with Crippen LogP contribution in [0.2, 0.25) is 0 Å². The summed E-state index contributed by atoms with van der Waals surface area (Å²) in [5.41, 5.74) is 0. The Morgan fingerprint density at radius 2 is 0.652 bits per heavy atom. The highest BCUT2D eigenvalue weighted by molar-refractivity contribution is 7.47. The Morgan fingerprint density at radius 1 is 0.339 bits per heavy atom. The van der Waals surface area contributed by atoms with Gasteiger partial charge in [-0.1, -0.05) is 282 Å². The van der Waals surface area contributed by atoms with Gasteiger partial charge in [-0.25, -0.2) is 4.57 Å². The number of ether oxygens (including phenoxy) is 8. The Morgan fingerprint density at radius 3 is 1.05 bits per heavy atom. The minimum absolute atomic E-state index is 0.0110. The molecule has 3 aliphatic rings. The van der Waals surface area contributed by atoms with Gasteiger partial charge in [0.1, 0.15) is 92.6 Å². The fourth-order valence-electron chi connectivity index (χ4n) is 14.8. The van der Waals surface area contributed by atoms with Crippen molar-refractivity contribution in [2.24, 2.45) is 0 Å². The summed E-state index contributed by atoms with van der Waals surface area (Å²) in [6.07, 6.45) is 28.8. The van der Waals surface area contributed by atoms with Crippen molar-refractivity contribution in [2.75, 3.05) is 26.4 Å². The van der Waals surface area contributed by atoms with Gasteiger partial charge in [-0.3, -0.25) is 28.2 Å².